The molecule has 0 saturated heterocycles. The molecular weight excluding hydrogens is 354 g/mol. The van der Waals surface area contributed by atoms with Crippen LogP contribution in [0, 0.1) is 0 Å². The van der Waals surface area contributed by atoms with Crippen LogP contribution in [-0.4, -0.2) is 31.7 Å². The van der Waals surface area contributed by atoms with E-state index in [9.17, 15) is 4.79 Å². The third-order valence-corrected chi connectivity index (χ3v) is 4.81. The zero-order valence-electron chi connectivity index (χ0n) is 16.5. The lowest BCUT2D eigenvalue weighted by Crippen LogP contribution is -2.15. The van der Waals surface area contributed by atoms with Crippen LogP contribution in [-0.2, 0) is 0 Å². The van der Waals surface area contributed by atoms with Crippen LogP contribution in [0.2, 0.25) is 0 Å². The Kier molecular flexibility index (Phi) is 6.89. The number of allylic oxidation sites excluding steroid dienone is 1. The minimum absolute atomic E-state index is 0.301. The van der Waals surface area contributed by atoms with Crippen molar-refractivity contribution in [1.82, 2.24) is 4.98 Å². The van der Waals surface area contributed by atoms with Crippen molar-refractivity contribution in [2.24, 2.45) is 0 Å². The highest BCUT2D eigenvalue weighted by Crippen LogP contribution is 2.29. The van der Waals surface area contributed by atoms with E-state index in [-0.39, 0.29) is 5.91 Å². The topological polar surface area (TPSA) is 72.5 Å². The van der Waals surface area contributed by atoms with Crippen LogP contribution in [0.4, 0.5) is 11.4 Å². The van der Waals surface area contributed by atoms with Gasteiger partial charge in [-0.05, 0) is 56.4 Å². The van der Waals surface area contributed by atoms with Gasteiger partial charge in [-0.25, -0.2) is 0 Å². The van der Waals surface area contributed by atoms with Gasteiger partial charge in [-0.3, -0.25) is 9.78 Å². The lowest BCUT2D eigenvalue weighted by Gasteiger charge is -2.14. The zero-order valence-corrected chi connectivity index (χ0v) is 16.5. The minimum Gasteiger partial charge on any atom is -0.497 e. The van der Waals surface area contributed by atoms with E-state index >= 15 is 0 Å². The molecule has 28 heavy (non-hydrogen) atoms. The SMILES string of the molecule is COc1ccc(OC)c(NC(=O)c2cc(NCCC3=CCCCC3)ccn2)c1. The number of benzene rings is 1. The van der Waals surface area contributed by atoms with Gasteiger partial charge in [-0.1, -0.05) is 11.6 Å². The molecular formula is C22H27N3O3. The van der Waals surface area contributed by atoms with Crippen LogP contribution in [0.5, 0.6) is 11.5 Å². The number of rotatable bonds is 8. The number of carbonyl (C=O) groups is 1. The van der Waals surface area contributed by atoms with Gasteiger partial charge in [-0.2, -0.15) is 0 Å². The van der Waals surface area contributed by atoms with Crippen LogP contribution in [0.25, 0.3) is 0 Å². The fourth-order valence-corrected chi connectivity index (χ4v) is 3.26. The maximum atomic E-state index is 12.6. The molecule has 0 atom stereocenters. The normalized spacial score (nSPS) is 13.4. The second kappa shape index (κ2) is 9.78. The summed E-state index contributed by atoms with van der Waals surface area (Å²) in [4.78, 5) is 16.8. The van der Waals surface area contributed by atoms with Crippen molar-refractivity contribution in [1.29, 1.82) is 0 Å². The fourth-order valence-electron chi connectivity index (χ4n) is 3.26. The van der Waals surface area contributed by atoms with Gasteiger partial charge in [0.1, 0.15) is 17.2 Å². The first-order valence-corrected chi connectivity index (χ1v) is 9.61. The Morgan fingerprint density at radius 2 is 2.04 bits per heavy atom. The van der Waals surface area contributed by atoms with E-state index in [0.717, 1.165) is 18.7 Å². The van der Waals surface area contributed by atoms with E-state index in [1.165, 1.54) is 31.3 Å². The summed E-state index contributed by atoms with van der Waals surface area (Å²) in [5, 5.41) is 6.23. The van der Waals surface area contributed by atoms with E-state index < -0.39 is 0 Å². The van der Waals surface area contributed by atoms with Crippen LogP contribution >= 0.6 is 0 Å². The van der Waals surface area contributed by atoms with Crippen molar-refractivity contribution in [3.63, 3.8) is 0 Å². The van der Waals surface area contributed by atoms with Crippen molar-refractivity contribution in [3.05, 3.63) is 53.9 Å². The monoisotopic (exact) mass is 381 g/mol. The average molecular weight is 381 g/mol. The van der Waals surface area contributed by atoms with E-state index in [1.54, 1.807) is 44.7 Å². The number of aromatic nitrogens is 1. The number of anilines is 2. The lowest BCUT2D eigenvalue weighted by molar-refractivity contribution is 0.102. The van der Waals surface area contributed by atoms with Crippen molar-refractivity contribution >= 4 is 17.3 Å². The molecule has 1 aromatic carbocycles. The number of nitrogens with one attached hydrogen (secondary N) is 2. The van der Waals surface area contributed by atoms with E-state index in [1.807, 2.05) is 6.07 Å². The van der Waals surface area contributed by atoms with Crippen LogP contribution in [0.15, 0.2) is 48.2 Å². The van der Waals surface area contributed by atoms with Gasteiger partial charge >= 0.3 is 0 Å². The van der Waals surface area contributed by atoms with Crippen LogP contribution < -0.4 is 20.1 Å². The summed E-state index contributed by atoms with van der Waals surface area (Å²) in [5.41, 5.74) is 3.29. The Bertz CT molecular complexity index is 849. The van der Waals surface area contributed by atoms with Gasteiger partial charge in [0.2, 0.25) is 0 Å². The quantitative estimate of drug-likeness (QED) is 0.651. The molecule has 1 aromatic heterocycles. The van der Waals surface area contributed by atoms with Crippen molar-refractivity contribution in [2.75, 3.05) is 31.4 Å². The minimum atomic E-state index is -0.301. The van der Waals surface area contributed by atoms with Crippen LogP contribution in [0.1, 0.15) is 42.6 Å². The first-order valence-electron chi connectivity index (χ1n) is 9.61. The van der Waals surface area contributed by atoms with E-state index in [4.69, 9.17) is 9.47 Å². The molecule has 1 aliphatic carbocycles. The number of amides is 1. The molecule has 0 fully saturated rings. The highest BCUT2D eigenvalue weighted by molar-refractivity contribution is 6.04. The maximum Gasteiger partial charge on any atom is 0.274 e. The summed E-state index contributed by atoms with van der Waals surface area (Å²) in [6.45, 7) is 0.848. The van der Waals surface area contributed by atoms with Gasteiger partial charge in [-0.15, -0.1) is 0 Å². The first-order chi connectivity index (χ1) is 13.7. The Hall–Kier alpha value is -3.02. The standard InChI is InChI=1S/C22H27N3O3/c1-27-18-8-9-21(28-2)19(15-18)25-22(26)20-14-17(11-13-24-20)23-12-10-16-6-4-3-5-7-16/h6,8-9,11,13-15H,3-5,7,10,12H2,1-2H3,(H,23,24)(H,25,26). The molecule has 1 amide bonds. The molecule has 6 nitrogen and oxygen atoms in total. The van der Waals surface area contributed by atoms with Crippen molar-refractivity contribution in [2.45, 2.75) is 32.1 Å². The van der Waals surface area contributed by atoms with Gasteiger partial charge < -0.3 is 20.1 Å². The molecule has 2 N–H and O–H groups in total. The van der Waals surface area contributed by atoms with E-state index in [2.05, 4.69) is 21.7 Å². The third-order valence-electron chi connectivity index (χ3n) is 4.81. The van der Waals surface area contributed by atoms with Gasteiger partial charge in [0.25, 0.3) is 5.91 Å². The smallest absolute Gasteiger partial charge is 0.274 e. The van der Waals surface area contributed by atoms with E-state index in [0.29, 0.717) is 22.9 Å². The Balaban J connectivity index is 1.63. The second-order valence-electron chi connectivity index (χ2n) is 6.74. The first kappa shape index (κ1) is 19.7. The van der Waals surface area contributed by atoms with Crippen molar-refractivity contribution in [3.8, 4) is 11.5 Å². The molecule has 3 rings (SSSR count). The number of methoxy groups -OCH3 is 2. The number of hydrogen-bond donors (Lipinski definition) is 2. The maximum absolute atomic E-state index is 12.6. The number of carbonyl (C=O) groups excluding carboxylic acids is 1. The number of hydrogen-bond acceptors (Lipinski definition) is 5. The summed E-state index contributed by atoms with van der Waals surface area (Å²) in [5.74, 6) is 0.894. The zero-order chi connectivity index (χ0) is 19.8. The molecule has 0 unspecified atom stereocenters. The number of nitrogens with zero attached hydrogens (tertiary/aromatic N) is 1. The van der Waals surface area contributed by atoms with Gasteiger partial charge in [0.15, 0.2) is 0 Å². The second-order valence-corrected chi connectivity index (χ2v) is 6.74. The highest BCUT2D eigenvalue weighted by Gasteiger charge is 2.13. The predicted octanol–water partition coefficient (Wildman–Crippen LogP) is 4.65. The molecule has 2 aromatic rings. The summed E-state index contributed by atoms with van der Waals surface area (Å²) in [6.07, 6.45) is 10.0. The summed E-state index contributed by atoms with van der Waals surface area (Å²) in [6, 6.07) is 8.88. The van der Waals surface area contributed by atoms with Crippen LogP contribution in [0.3, 0.4) is 0 Å². The lowest BCUT2D eigenvalue weighted by atomic mass is 9.97. The van der Waals surface area contributed by atoms with Gasteiger partial charge in [0.05, 0.1) is 19.9 Å². The summed E-state index contributed by atoms with van der Waals surface area (Å²) < 4.78 is 10.5. The van der Waals surface area contributed by atoms with Gasteiger partial charge in [0, 0.05) is 24.5 Å². The summed E-state index contributed by atoms with van der Waals surface area (Å²) in [7, 11) is 3.13. The molecule has 1 aliphatic rings. The molecule has 0 saturated carbocycles. The molecule has 0 aliphatic heterocycles. The predicted molar refractivity (Wildman–Crippen MR) is 111 cm³/mol. The van der Waals surface area contributed by atoms with Crippen molar-refractivity contribution < 1.29 is 14.3 Å². The number of pyridine rings is 1. The molecule has 6 heteroatoms. The summed E-state index contributed by atoms with van der Waals surface area (Å²) >= 11 is 0. The Labute approximate surface area is 166 Å². The molecule has 0 bridgehead atoms. The Morgan fingerprint density at radius 1 is 1.14 bits per heavy atom. The molecule has 0 spiro atoms. The largest absolute Gasteiger partial charge is 0.497 e. The molecule has 148 valence electrons. The fraction of sp³-hybridized carbons (Fsp3) is 0.364. The number of ether oxygens (including phenoxy) is 2. The molecule has 1 heterocycles. The average Bonchev–Trinajstić information content (AvgIpc) is 2.74. The molecule has 0 radical (unpaired) electrons. The third kappa shape index (κ3) is 5.25. The highest BCUT2D eigenvalue weighted by atomic mass is 16.5. The Morgan fingerprint density at radius 3 is 2.79 bits per heavy atom.